The van der Waals surface area contributed by atoms with Crippen LogP contribution in [0.25, 0.3) is 5.65 Å². The zero-order valence-corrected chi connectivity index (χ0v) is 11.2. The van der Waals surface area contributed by atoms with Gasteiger partial charge in [-0.05, 0) is 19.1 Å². The third kappa shape index (κ3) is 2.01. The van der Waals surface area contributed by atoms with Crippen LogP contribution in [0.1, 0.15) is 12.8 Å². The molecule has 0 spiro atoms. The van der Waals surface area contributed by atoms with Gasteiger partial charge in [-0.3, -0.25) is 0 Å². The molecule has 0 saturated carbocycles. The Balaban J connectivity index is 1.92. The van der Waals surface area contributed by atoms with Crippen LogP contribution in [-0.2, 0) is 0 Å². The molecule has 2 aromatic heterocycles. The molecule has 96 valence electrons. The number of anilines is 2. The van der Waals surface area contributed by atoms with Crippen LogP contribution in [0.15, 0.2) is 18.6 Å². The molecule has 5 nitrogen and oxygen atoms in total. The summed E-state index contributed by atoms with van der Waals surface area (Å²) in [6.07, 6.45) is 10.1. The fourth-order valence-corrected chi connectivity index (χ4v) is 3.13. The molecule has 3 rings (SSSR count). The average Bonchev–Trinajstić information content (AvgIpc) is 2.86. The first-order valence-electron chi connectivity index (χ1n) is 6.15. The van der Waals surface area contributed by atoms with Gasteiger partial charge in [0.15, 0.2) is 11.5 Å². The van der Waals surface area contributed by atoms with Crippen molar-refractivity contribution in [2.24, 2.45) is 0 Å². The topological polar surface area (TPSA) is 59.5 Å². The normalized spacial score (nSPS) is 17.5. The Bertz CT molecular complexity index is 544. The highest BCUT2D eigenvalue weighted by atomic mass is 32.2. The van der Waals surface area contributed by atoms with Gasteiger partial charge >= 0.3 is 0 Å². The zero-order chi connectivity index (χ0) is 12.5. The van der Waals surface area contributed by atoms with Crippen molar-refractivity contribution in [1.82, 2.24) is 14.4 Å². The number of nitrogens with two attached hydrogens (primary N) is 1. The molecule has 2 aromatic rings. The van der Waals surface area contributed by atoms with E-state index in [1.54, 1.807) is 12.4 Å². The molecule has 1 aliphatic rings. The maximum Gasteiger partial charge on any atom is 0.180 e. The highest BCUT2D eigenvalue weighted by Gasteiger charge is 2.21. The highest BCUT2D eigenvalue weighted by molar-refractivity contribution is 7.99. The number of thioether (sulfide) groups is 1. The third-order valence-corrected chi connectivity index (χ3v) is 4.59. The van der Waals surface area contributed by atoms with Gasteiger partial charge in [0.25, 0.3) is 0 Å². The Labute approximate surface area is 110 Å². The smallest absolute Gasteiger partial charge is 0.180 e. The molecule has 1 fully saturated rings. The van der Waals surface area contributed by atoms with E-state index in [0.29, 0.717) is 5.82 Å². The number of fused-ring (bicyclic) bond motifs is 1. The van der Waals surface area contributed by atoms with E-state index in [2.05, 4.69) is 21.1 Å². The summed E-state index contributed by atoms with van der Waals surface area (Å²) >= 11 is 1.96. The van der Waals surface area contributed by atoms with Crippen molar-refractivity contribution >= 4 is 29.0 Å². The van der Waals surface area contributed by atoms with E-state index in [-0.39, 0.29) is 0 Å². The highest BCUT2D eigenvalue weighted by Crippen LogP contribution is 2.26. The lowest BCUT2D eigenvalue weighted by molar-refractivity contribution is 0.587. The summed E-state index contributed by atoms with van der Waals surface area (Å²) in [5, 5.41) is 0.776. The minimum Gasteiger partial charge on any atom is -0.382 e. The molecule has 1 aliphatic heterocycles. The summed E-state index contributed by atoms with van der Waals surface area (Å²) in [5.74, 6) is 1.46. The second kappa shape index (κ2) is 4.68. The lowest BCUT2D eigenvalue weighted by Gasteiger charge is -2.32. The molecular weight excluding hydrogens is 246 g/mol. The lowest BCUT2D eigenvalue weighted by atomic mass is 10.1. The van der Waals surface area contributed by atoms with Crippen LogP contribution in [0.2, 0.25) is 0 Å². The van der Waals surface area contributed by atoms with E-state index in [0.717, 1.165) is 29.8 Å². The lowest BCUT2D eigenvalue weighted by Crippen LogP contribution is -2.35. The van der Waals surface area contributed by atoms with Gasteiger partial charge in [-0.25, -0.2) is 9.97 Å². The molecule has 0 bridgehead atoms. The molecular formula is C12H17N5S. The molecule has 18 heavy (non-hydrogen) atoms. The number of hydrogen-bond acceptors (Lipinski definition) is 5. The maximum absolute atomic E-state index is 5.85. The fraction of sp³-hybridized carbons (Fsp3) is 0.500. The van der Waals surface area contributed by atoms with Crippen molar-refractivity contribution in [3.05, 3.63) is 18.6 Å². The van der Waals surface area contributed by atoms with Crippen LogP contribution >= 0.6 is 11.8 Å². The van der Waals surface area contributed by atoms with Gasteiger partial charge < -0.3 is 15.0 Å². The summed E-state index contributed by atoms with van der Waals surface area (Å²) in [5.41, 5.74) is 6.75. The number of hydrogen-bond donors (Lipinski definition) is 1. The van der Waals surface area contributed by atoms with Crippen molar-refractivity contribution in [1.29, 1.82) is 0 Å². The van der Waals surface area contributed by atoms with E-state index in [4.69, 9.17) is 5.73 Å². The Hall–Kier alpha value is -1.43. The van der Waals surface area contributed by atoms with Gasteiger partial charge in [0.1, 0.15) is 5.82 Å². The maximum atomic E-state index is 5.85. The number of imidazole rings is 1. The largest absolute Gasteiger partial charge is 0.382 e. The van der Waals surface area contributed by atoms with Gasteiger partial charge in [-0.15, -0.1) is 0 Å². The van der Waals surface area contributed by atoms with E-state index in [1.807, 2.05) is 22.4 Å². The van der Waals surface area contributed by atoms with Crippen molar-refractivity contribution in [3.63, 3.8) is 0 Å². The Morgan fingerprint density at radius 2 is 2.17 bits per heavy atom. The van der Waals surface area contributed by atoms with E-state index in [1.165, 1.54) is 12.8 Å². The van der Waals surface area contributed by atoms with Crippen molar-refractivity contribution in [2.45, 2.75) is 18.1 Å². The molecule has 0 atom stereocenters. The minimum atomic E-state index is 0.544. The molecule has 2 N–H and O–H groups in total. The van der Waals surface area contributed by atoms with Crippen LogP contribution < -0.4 is 10.6 Å². The van der Waals surface area contributed by atoms with Crippen LogP contribution in [0.4, 0.5) is 11.6 Å². The Morgan fingerprint density at radius 3 is 2.89 bits per heavy atom. The standard InChI is InChI=1S/C12H17N5S/c1-18-9-2-5-16(6-3-9)12-11-14-4-7-17(11)8-10(13)15-12/h4,7-9H,2-3,5-6,13H2,1H3. The summed E-state index contributed by atoms with van der Waals surface area (Å²) in [7, 11) is 0. The number of rotatable bonds is 2. The Kier molecular flexibility index (Phi) is 3.03. The van der Waals surface area contributed by atoms with Crippen molar-refractivity contribution in [2.75, 3.05) is 30.0 Å². The second-order valence-corrected chi connectivity index (χ2v) is 5.71. The third-order valence-electron chi connectivity index (χ3n) is 3.45. The minimum absolute atomic E-state index is 0.544. The van der Waals surface area contributed by atoms with Crippen molar-refractivity contribution < 1.29 is 0 Å². The molecule has 0 unspecified atom stereocenters. The fourth-order valence-electron chi connectivity index (χ4n) is 2.45. The number of nitrogens with zero attached hydrogens (tertiary/aromatic N) is 4. The number of aromatic nitrogens is 3. The molecule has 0 radical (unpaired) electrons. The van der Waals surface area contributed by atoms with Gasteiger partial charge in [0.2, 0.25) is 0 Å². The van der Waals surface area contributed by atoms with Gasteiger partial charge in [-0.2, -0.15) is 11.8 Å². The SMILES string of the molecule is CSC1CCN(c2nc(N)cn3ccnc23)CC1. The van der Waals surface area contributed by atoms with Crippen LogP contribution in [-0.4, -0.2) is 39.0 Å². The first kappa shape index (κ1) is 11.6. The molecule has 0 aliphatic carbocycles. The van der Waals surface area contributed by atoms with E-state index in [9.17, 15) is 0 Å². The predicted molar refractivity (Wildman–Crippen MR) is 76.1 cm³/mol. The summed E-state index contributed by atoms with van der Waals surface area (Å²) in [6.45, 7) is 2.06. The predicted octanol–water partition coefficient (Wildman–Crippen LogP) is 1.64. The van der Waals surface area contributed by atoms with Crippen LogP contribution in [0, 0.1) is 0 Å². The molecule has 0 aromatic carbocycles. The quantitative estimate of drug-likeness (QED) is 0.892. The monoisotopic (exact) mass is 263 g/mol. The number of nitrogen functional groups attached to an aromatic ring is 1. The summed E-state index contributed by atoms with van der Waals surface area (Å²) in [6, 6.07) is 0. The molecule has 6 heteroatoms. The first-order chi connectivity index (χ1) is 8.78. The molecule has 0 amide bonds. The zero-order valence-electron chi connectivity index (χ0n) is 10.4. The van der Waals surface area contributed by atoms with E-state index >= 15 is 0 Å². The van der Waals surface area contributed by atoms with Crippen LogP contribution in [0.3, 0.4) is 0 Å². The van der Waals surface area contributed by atoms with Crippen LogP contribution in [0.5, 0.6) is 0 Å². The van der Waals surface area contributed by atoms with Gasteiger partial charge in [0.05, 0.1) is 6.20 Å². The Morgan fingerprint density at radius 1 is 1.39 bits per heavy atom. The van der Waals surface area contributed by atoms with Gasteiger partial charge in [0, 0.05) is 30.7 Å². The second-order valence-electron chi connectivity index (χ2n) is 4.57. The first-order valence-corrected chi connectivity index (χ1v) is 7.43. The number of piperidine rings is 1. The summed E-state index contributed by atoms with van der Waals surface area (Å²) < 4.78 is 1.94. The average molecular weight is 263 g/mol. The molecule has 1 saturated heterocycles. The molecule has 3 heterocycles. The van der Waals surface area contributed by atoms with Crippen molar-refractivity contribution in [3.8, 4) is 0 Å². The van der Waals surface area contributed by atoms with E-state index < -0.39 is 0 Å². The van der Waals surface area contributed by atoms with Gasteiger partial charge in [-0.1, -0.05) is 0 Å². The summed E-state index contributed by atoms with van der Waals surface area (Å²) in [4.78, 5) is 11.1.